The van der Waals surface area contributed by atoms with Crippen molar-refractivity contribution >= 4 is 27.3 Å². The van der Waals surface area contributed by atoms with Crippen molar-refractivity contribution in [3.63, 3.8) is 0 Å². The third kappa shape index (κ3) is 4.95. The molecule has 0 saturated carbocycles. The van der Waals surface area contributed by atoms with E-state index in [-0.39, 0.29) is 0 Å². The van der Waals surface area contributed by atoms with Crippen LogP contribution in [0.4, 0.5) is 11.4 Å². The van der Waals surface area contributed by atoms with Crippen LogP contribution in [0, 0.1) is 0 Å². The quantitative estimate of drug-likeness (QED) is 0.728. The zero-order chi connectivity index (χ0) is 20.9. The van der Waals surface area contributed by atoms with E-state index in [4.69, 9.17) is 9.47 Å². The van der Waals surface area contributed by atoms with Gasteiger partial charge in [-0.25, -0.2) is 8.42 Å². The largest absolute Gasteiger partial charge is 0.493 e. The van der Waals surface area contributed by atoms with Crippen molar-refractivity contribution in [1.29, 1.82) is 0 Å². The van der Waals surface area contributed by atoms with Crippen LogP contribution in [0.2, 0.25) is 0 Å². The number of methoxy groups -OCH3 is 2. The van der Waals surface area contributed by atoms with Gasteiger partial charge in [0, 0.05) is 11.8 Å². The molecule has 0 saturated heterocycles. The molecule has 2 aromatic rings. The summed E-state index contributed by atoms with van der Waals surface area (Å²) in [7, 11) is -0.652. The summed E-state index contributed by atoms with van der Waals surface area (Å²) in [6, 6.07) is 11.1. The first kappa shape index (κ1) is 21.6. The lowest BCUT2D eigenvalue weighted by Crippen LogP contribution is -2.45. The minimum absolute atomic E-state index is 0.440. The SMILES string of the molecule is CCc1ccc(N(C(C)C(=O)Nc2ccc(OC)c(OC)c2)S(C)(=O)=O)cc1. The van der Waals surface area contributed by atoms with Crippen LogP contribution in [0.3, 0.4) is 0 Å². The number of hydrogen-bond donors (Lipinski definition) is 1. The summed E-state index contributed by atoms with van der Waals surface area (Å²) in [6.45, 7) is 3.56. The number of aryl methyl sites for hydroxylation is 1. The van der Waals surface area contributed by atoms with E-state index in [1.54, 1.807) is 37.3 Å². The van der Waals surface area contributed by atoms with Gasteiger partial charge in [-0.1, -0.05) is 19.1 Å². The monoisotopic (exact) mass is 406 g/mol. The summed E-state index contributed by atoms with van der Waals surface area (Å²) in [5.41, 5.74) is 2.00. The number of anilines is 2. The topological polar surface area (TPSA) is 84.9 Å². The lowest BCUT2D eigenvalue weighted by molar-refractivity contribution is -0.116. The van der Waals surface area contributed by atoms with Gasteiger partial charge >= 0.3 is 0 Å². The maximum Gasteiger partial charge on any atom is 0.247 e. The number of benzene rings is 2. The molecule has 8 heteroatoms. The Bertz CT molecular complexity index is 926. The second kappa shape index (κ2) is 8.97. The van der Waals surface area contributed by atoms with Gasteiger partial charge in [0.15, 0.2) is 11.5 Å². The van der Waals surface area contributed by atoms with E-state index in [9.17, 15) is 13.2 Å². The number of sulfonamides is 1. The summed E-state index contributed by atoms with van der Waals surface area (Å²) < 4.78 is 36.3. The molecule has 1 amide bonds. The maximum absolute atomic E-state index is 12.8. The highest BCUT2D eigenvalue weighted by Crippen LogP contribution is 2.30. The van der Waals surface area contributed by atoms with Gasteiger partial charge in [-0.2, -0.15) is 0 Å². The normalized spacial score (nSPS) is 12.2. The van der Waals surface area contributed by atoms with Crippen LogP contribution in [0.1, 0.15) is 19.4 Å². The van der Waals surface area contributed by atoms with Gasteiger partial charge in [0.1, 0.15) is 6.04 Å². The number of nitrogens with zero attached hydrogens (tertiary/aromatic N) is 1. The van der Waals surface area contributed by atoms with Crippen molar-refractivity contribution in [3.05, 3.63) is 48.0 Å². The van der Waals surface area contributed by atoms with E-state index < -0.39 is 22.0 Å². The average Bonchev–Trinajstić information content (AvgIpc) is 2.67. The first-order chi connectivity index (χ1) is 13.2. The molecule has 0 aliphatic carbocycles. The van der Waals surface area contributed by atoms with Gasteiger partial charge in [0.25, 0.3) is 0 Å². The molecule has 2 rings (SSSR count). The number of rotatable bonds is 8. The third-order valence-electron chi connectivity index (χ3n) is 4.34. The Labute approximate surface area is 166 Å². The molecule has 0 fully saturated rings. The standard InChI is InChI=1S/C20H26N2O5S/c1-6-15-7-10-17(11-8-15)22(28(5,24)25)14(2)20(23)21-16-9-12-18(26-3)19(13-16)27-4/h7-14H,6H2,1-5H3,(H,21,23). The average molecular weight is 407 g/mol. The first-order valence-electron chi connectivity index (χ1n) is 8.82. The Balaban J connectivity index is 2.28. The molecule has 28 heavy (non-hydrogen) atoms. The summed E-state index contributed by atoms with van der Waals surface area (Å²) in [4.78, 5) is 12.8. The number of carbonyl (C=O) groups is 1. The highest BCUT2D eigenvalue weighted by Gasteiger charge is 2.29. The van der Waals surface area contributed by atoms with Gasteiger partial charge in [-0.15, -0.1) is 0 Å². The molecular formula is C20H26N2O5S. The number of carbonyl (C=O) groups excluding carboxylic acids is 1. The Hall–Kier alpha value is -2.74. The summed E-state index contributed by atoms with van der Waals surface area (Å²) in [5, 5.41) is 2.73. The predicted molar refractivity (Wildman–Crippen MR) is 111 cm³/mol. The van der Waals surface area contributed by atoms with Crippen LogP contribution in [0.25, 0.3) is 0 Å². The molecule has 1 N–H and O–H groups in total. The van der Waals surface area contributed by atoms with Gasteiger partial charge in [0.05, 0.1) is 26.2 Å². The predicted octanol–water partition coefficient (Wildman–Crippen LogP) is 3.06. The van der Waals surface area contributed by atoms with Crippen LogP contribution in [-0.2, 0) is 21.2 Å². The molecule has 0 aromatic heterocycles. The highest BCUT2D eigenvalue weighted by atomic mass is 32.2. The van der Waals surface area contributed by atoms with E-state index >= 15 is 0 Å². The molecule has 1 unspecified atom stereocenters. The van der Waals surface area contributed by atoms with Crippen molar-refractivity contribution in [1.82, 2.24) is 0 Å². The van der Waals surface area contributed by atoms with Crippen molar-refractivity contribution in [3.8, 4) is 11.5 Å². The molecule has 1 atom stereocenters. The minimum Gasteiger partial charge on any atom is -0.493 e. The van der Waals surface area contributed by atoms with Crippen molar-refractivity contribution in [2.24, 2.45) is 0 Å². The van der Waals surface area contributed by atoms with Crippen LogP contribution in [0.5, 0.6) is 11.5 Å². The molecular weight excluding hydrogens is 380 g/mol. The first-order valence-corrected chi connectivity index (χ1v) is 10.7. The third-order valence-corrected chi connectivity index (χ3v) is 5.58. The molecule has 7 nitrogen and oxygen atoms in total. The highest BCUT2D eigenvalue weighted by molar-refractivity contribution is 7.92. The van der Waals surface area contributed by atoms with Gasteiger partial charge < -0.3 is 14.8 Å². The molecule has 0 heterocycles. The Morgan fingerprint density at radius 3 is 2.18 bits per heavy atom. The fourth-order valence-electron chi connectivity index (χ4n) is 2.85. The fraction of sp³-hybridized carbons (Fsp3) is 0.350. The molecule has 2 aromatic carbocycles. The summed E-state index contributed by atoms with van der Waals surface area (Å²) >= 11 is 0. The van der Waals surface area contributed by atoms with Gasteiger partial charge in [-0.3, -0.25) is 9.10 Å². The molecule has 0 bridgehead atoms. The number of ether oxygens (including phenoxy) is 2. The zero-order valence-electron chi connectivity index (χ0n) is 16.7. The van der Waals surface area contributed by atoms with Crippen molar-refractivity contribution in [2.75, 3.05) is 30.1 Å². The van der Waals surface area contributed by atoms with Gasteiger partial charge in [0.2, 0.25) is 15.9 Å². The Kier molecular flexibility index (Phi) is 6.90. The molecule has 0 aliphatic rings. The molecule has 152 valence electrons. The minimum atomic E-state index is -3.67. The molecule has 0 radical (unpaired) electrons. The number of amides is 1. The van der Waals surface area contributed by atoms with Gasteiger partial charge in [-0.05, 0) is 43.2 Å². The smallest absolute Gasteiger partial charge is 0.247 e. The van der Waals surface area contributed by atoms with Crippen LogP contribution < -0.4 is 19.1 Å². The second-order valence-electron chi connectivity index (χ2n) is 6.31. The van der Waals surface area contributed by atoms with E-state index in [1.165, 1.54) is 14.2 Å². The van der Waals surface area contributed by atoms with Crippen LogP contribution >= 0.6 is 0 Å². The number of nitrogens with one attached hydrogen (secondary N) is 1. The van der Waals surface area contributed by atoms with E-state index in [0.717, 1.165) is 22.5 Å². The summed E-state index contributed by atoms with van der Waals surface area (Å²) in [5.74, 6) is 0.530. The van der Waals surface area contributed by atoms with Crippen molar-refractivity contribution < 1.29 is 22.7 Å². The maximum atomic E-state index is 12.8. The van der Waals surface area contributed by atoms with Crippen LogP contribution in [-0.4, -0.2) is 40.8 Å². The fourth-order valence-corrected chi connectivity index (χ4v) is 4.02. The zero-order valence-corrected chi connectivity index (χ0v) is 17.5. The number of hydrogen-bond acceptors (Lipinski definition) is 5. The van der Waals surface area contributed by atoms with E-state index in [1.807, 2.05) is 19.1 Å². The second-order valence-corrected chi connectivity index (χ2v) is 8.17. The molecule has 0 spiro atoms. The Morgan fingerprint density at radius 1 is 1.07 bits per heavy atom. The van der Waals surface area contributed by atoms with Crippen molar-refractivity contribution in [2.45, 2.75) is 26.3 Å². The van der Waals surface area contributed by atoms with E-state index in [0.29, 0.717) is 22.9 Å². The molecule has 0 aliphatic heterocycles. The lowest BCUT2D eigenvalue weighted by atomic mass is 10.1. The Morgan fingerprint density at radius 2 is 1.68 bits per heavy atom. The van der Waals surface area contributed by atoms with E-state index in [2.05, 4.69) is 5.32 Å². The lowest BCUT2D eigenvalue weighted by Gasteiger charge is -2.28. The van der Waals surface area contributed by atoms with Crippen LogP contribution in [0.15, 0.2) is 42.5 Å². The summed E-state index contributed by atoms with van der Waals surface area (Å²) in [6.07, 6.45) is 1.93.